The van der Waals surface area contributed by atoms with Crippen LogP contribution in [0.1, 0.15) is 13.8 Å². The molecule has 1 nitrogen and oxygen atoms in total. The standard InChI is InChI=1S/C8H14O/c1-5-7-9-8(3,4)6-2/h5-6H,1-2,7H2,3-4H3. The highest BCUT2D eigenvalue weighted by Gasteiger charge is 2.10. The van der Waals surface area contributed by atoms with Crippen LogP contribution in [0.25, 0.3) is 0 Å². The molecule has 52 valence electrons. The Morgan fingerprint density at radius 1 is 1.44 bits per heavy atom. The van der Waals surface area contributed by atoms with Crippen molar-refractivity contribution in [3.63, 3.8) is 0 Å². The second kappa shape index (κ2) is 3.46. The van der Waals surface area contributed by atoms with Crippen molar-refractivity contribution in [1.29, 1.82) is 0 Å². The van der Waals surface area contributed by atoms with Gasteiger partial charge in [-0.15, -0.1) is 13.2 Å². The lowest BCUT2D eigenvalue weighted by Crippen LogP contribution is -2.20. The molecule has 0 aromatic rings. The highest BCUT2D eigenvalue weighted by atomic mass is 16.5. The van der Waals surface area contributed by atoms with Crippen molar-refractivity contribution >= 4 is 0 Å². The van der Waals surface area contributed by atoms with Crippen molar-refractivity contribution in [1.82, 2.24) is 0 Å². The molecule has 0 aliphatic carbocycles. The Bertz CT molecular complexity index is 103. The van der Waals surface area contributed by atoms with E-state index in [0.717, 1.165) is 0 Å². The first-order chi connectivity index (χ1) is 4.12. The number of ether oxygens (including phenoxy) is 1. The molecule has 1 heteroatoms. The normalized spacial score (nSPS) is 10.9. The van der Waals surface area contributed by atoms with Gasteiger partial charge in [0.15, 0.2) is 0 Å². The van der Waals surface area contributed by atoms with Gasteiger partial charge in [0, 0.05) is 0 Å². The van der Waals surface area contributed by atoms with E-state index in [-0.39, 0.29) is 5.60 Å². The van der Waals surface area contributed by atoms with Gasteiger partial charge in [0.1, 0.15) is 0 Å². The third-order valence-electron chi connectivity index (χ3n) is 1.06. The van der Waals surface area contributed by atoms with E-state index in [1.165, 1.54) is 0 Å². The Morgan fingerprint density at radius 2 is 2.00 bits per heavy atom. The second-order valence-corrected chi connectivity index (χ2v) is 2.41. The van der Waals surface area contributed by atoms with Gasteiger partial charge in [0.25, 0.3) is 0 Å². The minimum Gasteiger partial charge on any atom is -0.367 e. The van der Waals surface area contributed by atoms with Crippen LogP contribution in [0.15, 0.2) is 25.3 Å². The fraction of sp³-hybridized carbons (Fsp3) is 0.500. The molecule has 0 unspecified atom stereocenters. The van der Waals surface area contributed by atoms with Crippen molar-refractivity contribution in [3.05, 3.63) is 25.3 Å². The summed E-state index contributed by atoms with van der Waals surface area (Å²) in [5.41, 5.74) is -0.214. The highest BCUT2D eigenvalue weighted by Crippen LogP contribution is 2.08. The van der Waals surface area contributed by atoms with Gasteiger partial charge in [0.05, 0.1) is 12.2 Å². The Morgan fingerprint density at radius 3 is 2.33 bits per heavy atom. The van der Waals surface area contributed by atoms with Crippen molar-refractivity contribution in [2.24, 2.45) is 0 Å². The summed E-state index contributed by atoms with van der Waals surface area (Å²) in [6.45, 7) is 11.7. The molecule has 0 fully saturated rings. The summed E-state index contributed by atoms with van der Waals surface area (Å²) in [6, 6.07) is 0. The number of hydrogen-bond donors (Lipinski definition) is 0. The molecule has 0 heterocycles. The van der Waals surface area contributed by atoms with Crippen molar-refractivity contribution < 1.29 is 4.74 Å². The Balaban J connectivity index is 3.57. The lowest BCUT2D eigenvalue weighted by atomic mass is 10.1. The zero-order valence-corrected chi connectivity index (χ0v) is 6.18. The monoisotopic (exact) mass is 126 g/mol. The zero-order valence-electron chi connectivity index (χ0n) is 6.18. The van der Waals surface area contributed by atoms with Crippen LogP contribution in [0.4, 0.5) is 0 Å². The minimum absolute atomic E-state index is 0.214. The van der Waals surface area contributed by atoms with Crippen LogP contribution in [-0.4, -0.2) is 12.2 Å². The SMILES string of the molecule is C=CCOC(C)(C)C=C. The Kier molecular flexibility index (Phi) is 3.25. The number of rotatable bonds is 4. The largest absolute Gasteiger partial charge is 0.367 e. The molecule has 0 radical (unpaired) electrons. The average molecular weight is 126 g/mol. The molecule has 0 aliphatic heterocycles. The average Bonchev–Trinajstić information content (AvgIpc) is 1.84. The highest BCUT2D eigenvalue weighted by molar-refractivity contribution is 4.90. The number of hydrogen-bond acceptors (Lipinski definition) is 1. The van der Waals surface area contributed by atoms with Crippen LogP contribution >= 0.6 is 0 Å². The van der Waals surface area contributed by atoms with E-state index in [1.54, 1.807) is 12.2 Å². The summed E-state index contributed by atoms with van der Waals surface area (Å²) in [4.78, 5) is 0. The van der Waals surface area contributed by atoms with Crippen LogP contribution < -0.4 is 0 Å². The molecular weight excluding hydrogens is 112 g/mol. The van der Waals surface area contributed by atoms with E-state index < -0.39 is 0 Å². The van der Waals surface area contributed by atoms with E-state index in [9.17, 15) is 0 Å². The van der Waals surface area contributed by atoms with Gasteiger partial charge in [-0.25, -0.2) is 0 Å². The van der Waals surface area contributed by atoms with E-state index in [0.29, 0.717) is 6.61 Å². The Hall–Kier alpha value is -0.560. The van der Waals surface area contributed by atoms with Gasteiger partial charge >= 0.3 is 0 Å². The van der Waals surface area contributed by atoms with Gasteiger partial charge in [-0.1, -0.05) is 12.2 Å². The predicted molar refractivity (Wildman–Crippen MR) is 40.4 cm³/mol. The van der Waals surface area contributed by atoms with Crippen molar-refractivity contribution in [3.8, 4) is 0 Å². The quantitative estimate of drug-likeness (QED) is 0.524. The van der Waals surface area contributed by atoms with E-state index >= 15 is 0 Å². The second-order valence-electron chi connectivity index (χ2n) is 2.41. The maximum Gasteiger partial charge on any atom is 0.0808 e. The van der Waals surface area contributed by atoms with Gasteiger partial charge in [-0.3, -0.25) is 0 Å². The van der Waals surface area contributed by atoms with Crippen molar-refractivity contribution in [2.75, 3.05) is 6.61 Å². The topological polar surface area (TPSA) is 9.23 Å². The lowest BCUT2D eigenvalue weighted by molar-refractivity contribution is 0.0394. The van der Waals surface area contributed by atoms with Crippen LogP contribution in [0.5, 0.6) is 0 Å². The zero-order chi connectivity index (χ0) is 7.33. The van der Waals surface area contributed by atoms with E-state index in [2.05, 4.69) is 13.2 Å². The fourth-order valence-corrected chi connectivity index (χ4v) is 0.333. The first-order valence-electron chi connectivity index (χ1n) is 3.01. The van der Waals surface area contributed by atoms with Gasteiger partial charge in [-0.2, -0.15) is 0 Å². The molecule has 0 bridgehead atoms. The maximum absolute atomic E-state index is 5.29. The molecule has 0 rings (SSSR count). The smallest absolute Gasteiger partial charge is 0.0808 e. The van der Waals surface area contributed by atoms with E-state index in [4.69, 9.17) is 4.74 Å². The molecule has 0 spiro atoms. The molecule has 0 amide bonds. The minimum atomic E-state index is -0.214. The Labute approximate surface area is 57.0 Å². The molecule has 0 N–H and O–H groups in total. The lowest BCUT2D eigenvalue weighted by Gasteiger charge is -2.18. The van der Waals surface area contributed by atoms with Crippen LogP contribution in [-0.2, 0) is 4.74 Å². The molecular formula is C8H14O. The molecule has 0 aromatic heterocycles. The first-order valence-corrected chi connectivity index (χ1v) is 3.01. The molecule has 0 aromatic carbocycles. The van der Waals surface area contributed by atoms with Crippen LogP contribution in [0.3, 0.4) is 0 Å². The molecule has 0 saturated carbocycles. The van der Waals surface area contributed by atoms with Crippen LogP contribution in [0, 0.1) is 0 Å². The summed E-state index contributed by atoms with van der Waals surface area (Å²) >= 11 is 0. The fourth-order valence-electron chi connectivity index (χ4n) is 0.333. The van der Waals surface area contributed by atoms with E-state index in [1.807, 2.05) is 13.8 Å². The molecule has 9 heavy (non-hydrogen) atoms. The summed E-state index contributed by atoms with van der Waals surface area (Å²) < 4.78 is 5.29. The summed E-state index contributed by atoms with van der Waals surface area (Å²) in [5.74, 6) is 0. The van der Waals surface area contributed by atoms with Gasteiger partial charge in [-0.05, 0) is 13.8 Å². The summed E-state index contributed by atoms with van der Waals surface area (Å²) in [6.07, 6.45) is 3.50. The van der Waals surface area contributed by atoms with Gasteiger partial charge in [0.2, 0.25) is 0 Å². The third-order valence-corrected chi connectivity index (χ3v) is 1.06. The predicted octanol–water partition coefficient (Wildman–Crippen LogP) is 2.15. The maximum atomic E-state index is 5.29. The van der Waals surface area contributed by atoms with Crippen LogP contribution in [0.2, 0.25) is 0 Å². The molecule has 0 saturated heterocycles. The summed E-state index contributed by atoms with van der Waals surface area (Å²) in [5, 5.41) is 0. The third kappa shape index (κ3) is 3.98. The molecule has 0 aliphatic rings. The summed E-state index contributed by atoms with van der Waals surface area (Å²) in [7, 11) is 0. The van der Waals surface area contributed by atoms with Crippen molar-refractivity contribution in [2.45, 2.75) is 19.4 Å². The molecule has 0 atom stereocenters. The van der Waals surface area contributed by atoms with Gasteiger partial charge < -0.3 is 4.74 Å². The first kappa shape index (κ1) is 8.44.